The minimum absolute atomic E-state index is 0.327. The van der Waals surface area contributed by atoms with Crippen molar-refractivity contribution in [3.05, 3.63) is 65.7 Å². The van der Waals surface area contributed by atoms with Crippen molar-refractivity contribution in [3.63, 3.8) is 0 Å². The number of carbonyl (C=O) groups excluding carboxylic acids is 3. The molecule has 2 aromatic carbocycles. The molecule has 2 aromatic rings. The van der Waals surface area contributed by atoms with Gasteiger partial charge in [-0.05, 0) is 43.5 Å². The normalized spacial score (nSPS) is 21.1. The highest BCUT2D eigenvalue weighted by atomic mass is 16.2. The van der Waals surface area contributed by atoms with Crippen LogP contribution in [0.4, 0.5) is 10.5 Å². The second kappa shape index (κ2) is 10.4. The van der Waals surface area contributed by atoms with Crippen molar-refractivity contribution in [2.45, 2.75) is 63.6 Å². The molecule has 1 atom stereocenters. The van der Waals surface area contributed by atoms with Crippen molar-refractivity contribution in [3.8, 4) is 0 Å². The third-order valence-electron chi connectivity index (χ3n) is 7.18. The summed E-state index contributed by atoms with van der Waals surface area (Å²) in [6, 6.07) is 16.9. The number of rotatable bonds is 8. The number of nitrogens with one attached hydrogen (secondary N) is 2. The average Bonchev–Trinajstić information content (AvgIpc) is 3.11. The number of anilines is 1. The van der Waals surface area contributed by atoms with Crippen LogP contribution < -0.4 is 10.6 Å². The molecule has 180 valence electrons. The van der Waals surface area contributed by atoms with E-state index < -0.39 is 23.4 Å². The van der Waals surface area contributed by atoms with Crippen molar-refractivity contribution in [2.24, 2.45) is 0 Å². The van der Waals surface area contributed by atoms with Gasteiger partial charge in [-0.3, -0.25) is 19.4 Å². The van der Waals surface area contributed by atoms with E-state index in [0.29, 0.717) is 18.2 Å². The largest absolute Gasteiger partial charge is 0.325 e. The van der Waals surface area contributed by atoms with E-state index >= 15 is 0 Å². The molecule has 0 bridgehead atoms. The Labute approximate surface area is 201 Å². The van der Waals surface area contributed by atoms with Crippen LogP contribution in [0.25, 0.3) is 0 Å². The molecule has 7 heteroatoms. The zero-order valence-corrected chi connectivity index (χ0v) is 20.0. The predicted octanol–water partition coefficient (Wildman–Crippen LogP) is 4.25. The third-order valence-corrected chi connectivity index (χ3v) is 7.18. The number of para-hydroxylation sites is 1. The SMILES string of the molecule is CCC1(c2ccccc2)NC(=O)N(CC(=O)Nc2ccccc2CN(C)C2CCCCC2)C1=O. The molecule has 4 rings (SSSR count). The maximum atomic E-state index is 13.3. The van der Waals surface area contributed by atoms with E-state index in [-0.39, 0.29) is 6.54 Å². The first-order valence-corrected chi connectivity index (χ1v) is 12.2. The van der Waals surface area contributed by atoms with Gasteiger partial charge < -0.3 is 10.6 Å². The van der Waals surface area contributed by atoms with Crippen LogP contribution in [0.1, 0.15) is 56.6 Å². The highest BCUT2D eigenvalue weighted by molar-refractivity contribution is 6.10. The maximum absolute atomic E-state index is 13.3. The first-order valence-electron chi connectivity index (χ1n) is 12.2. The van der Waals surface area contributed by atoms with E-state index in [2.05, 4.69) is 22.6 Å². The minimum Gasteiger partial charge on any atom is -0.324 e. The predicted molar refractivity (Wildman–Crippen MR) is 132 cm³/mol. The number of hydrogen-bond donors (Lipinski definition) is 2. The summed E-state index contributed by atoms with van der Waals surface area (Å²) < 4.78 is 0. The number of carbonyl (C=O) groups is 3. The van der Waals surface area contributed by atoms with Crippen LogP contribution in [0.3, 0.4) is 0 Å². The molecule has 1 saturated heterocycles. The number of nitrogens with zero attached hydrogens (tertiary/aromatic N) is 2. The molecule has 0 spiro atoms. The lowest BCUT2D eigenvalue weighted by Crippen LogP contribution is -2.44. The molecular formula is C27H34N4O3. The van der Waals surface area contributed by atoms with E-state index in [1.807, 2.05) is 61.5 Å². The zero-order chi connectivity index (χ0) is 24.1. The molecule has 0 radical (unpaired) electrons. The Morgan fingerprint density at radius 2 is 1.74 bits per heavy atom. The minimum atomic E-state index is -1.14. The lowest BCUT2D eigenvalue weighted by molar-refractivity contribution is -0.134. The van der Waals surface area contributed by atoms with Gasteiger partial charge in [0, 0.05) is 18.3 Å². The van der Waals surface area contributed by atoms with Crippen molar-refractivity contribution < 1.29 is 14.4 Å². The van der Waals surface area contributed by atoms with Gasteiger partial charge in [0.1, 0.15) is 12.1 Å². The van der Waals surface area contributed by atoms with E-state index in [0.717, 1.165) is 22.6 Å². The van der Waals surface area contributed by atoms with E-state index in [1.54, 1.807) is 0 Å². The summed E-state index contributed by atoms with van der Waals surface area (Å²) in [7, 11) is 2.13. The fraction of sp³-hybridized carbons (Fsp3) is 0.444. The maximum Gasteiger partial charge on any atom is 0.325 e. The number of urea groups is 1. The van der Waals surface area contributed by atoms with E-state index in [1.165, 1.54) is 32.1 Å². The van der Waals surface area contributed by atoms with Gasteiger partial charge in [-0.25, -0.2) is 4.79 Å². The van der Waals surface area contributed by atoms with Gasteiger partial charge in [0.25, 0.3) is 5.91 Å². The van der Waals surface area contributed by atoms with Crippen LogP contribution >= 0.6 is 0 Å². The second-order valence-electron chi connectivity index (χ2n) is 9.36. The van der Waals surface area contributed by atoms with Crippen LogP contribution in [0, 0.1) is 0 Å². The van der Waals surface area contributed by atoms with Gasteiger partial charge in [0.15, 0.2) is 0 Å². The Hall–Kier alpha value is -3.19. The van der Waals surface area contributed by atoms with E-state index in [9.17, 15) is 14.4 Å². The summed E-state index contributed by atoms with van der Waals surface area (Å²) in [4.78, 5) is 42.3. The molecule has 2 fully saturated rings. The summed E-state index contributed by atoms with van der Waals surface area (Å²) in [5.41, 5.74) is 1.31. The second-order valence-corrected chi connectivity index (χ2v) is 9.36. The number of amides is 4. The van der Waals surface area contributed by atoms with Crippen LogP contribution in [-0.4, -0.2) is 47.3 Å². The Morgan fingerprint density at radius 3 is 2.44 bits per heavy atom. The number of benzene rings is 2. The first kappa shape index (κ1) is 24.0. The summed E-state index contributed by atoms with van der Waals surface area (Å²) in [6.45, 7) is 2.26. The molecule has 1 aliphatic carbocycles. The molecule has 1 unspecified atom stereocenters. The van der Waals surface area contributed by atoms with Crippen LogP contribution in [0.5, 0.6) is 0 Å². The zero-order valence-electron chi connectivity index (χ0n) is 20.0. The molecule has 1 saturated carbocycles. The highest BCUT2D eigenvalue weighted by Crippen LogP contribution is 2.32. The highest BCUT2D eigenvalue weighted by Gasteiger charge is 2.51. The molecule has 7 nitrogen and oxygen atoms in total. The Morgan fingerprint density at radius 1 is 1.06 bits per heavy atom. The third kappa shape index (κ3) is 4.85. The van der Waals surface area contributed by atoms with Gasteiger partial charge in [0.2, 0.25) is 5.91 Å². The molecule has 1 heterocycles. The summed E-state index contributed by atoms with van der Waals surface area (Å²) in [5.74, 6) is -0.789. The Bertz CT molecular complexity index is 1040. The molecule has 34 heavy (non-hydrogen) atoms. The Kier molecular flexibility index (Phi) is 7.32. The fourth-order valence-electron chi connectivity index (χ4n) is 5.16. The van der Waals surface area contributed by atoms with Gasteiger partial charge >= 0.3 is 6.03 Å². The van der Waals surface area contributed by atoms with Gasteiger partial charge in [0.05, 0.1) is 0 Å². The topological polar surface area (TPSA) is 81.8 Å². The van der Waals surface area contributed by atoms with Crippen LogP contribution in [0.15, 0.2) is 54.6 Å². The quantitative estimate of drug-likeness (QED) is 0.575. The van der Waals surface area contributed by atoms with Gasteiger partial charge in [-0.1, -0.05) is 74.7 Å². The number of hydrogen-bond acceptors (Lipinski definition) is 4. The fourth-order valence-corrected chi connectivity index (χ4v) is 5.16. The van der Waals surface area contributed by atoms with Crippen LogP contribution in [0.2, 0.25) is 0 Å². The van der Waals surface area contributed by atoms with Crippen molar-refractivity contribution >= 4 is 23.5 Å². The molecule has 0 aromatic heterocycles. The van der Waals surface area contributed by atoms with E-state index in [4.69, 9.17) is 0 Å². The molecule has 1 aliphatic heterocycles. The van der Waals surface area contributed by atoms with Gasteiger partial charge in [-0.15, -0.1) is 0 Å². The van der Waals surface area contributed by atoms with Crippen molar-refractivity contribution in [1.29, 1.82) is 0 Å². The number of imide groups is 1. The lowest BCUT2D eigenvalue weighted by Gasteiger charge is -2.31. The van der Waals surface area contributed by atoms with Crippen molar-refractivity contribution in [1.82, 2.24) is 15.1 Å². The lowest BCUT2D eigenvalue weighted by atomic mass is 9.87. The monoisotopic (exact) mass is 462 g/mol. The standard InChI is InChI=1S/C27H34N4O3/c1-3-27(21-13-6-4-7-14-21)25(33)31(26(34)29-27)19-24(32)28-23-17-11-10-12-20(23)18-30(2)22-15-8-5-9-16-22/h4,6-7,10-14,17,22H,3,5,8-9,15-16,18-19H2,1-2H3,(H,28,32)(H,29,34). The van der Waals surface area contributed by atoms with Crippen molar-refractivity contribution in [2.75, 3.05) is 18.9 Å². The molecule has 2 N–H and O–H groups in total. The summed E-state index contributed by atoms with van der Waals surface area (Å²) >= 11 is 0. The molecule has 2 aliphatic rings. The molecule has 4 amide bonds. The van der Waals surface area contributed by atoms with Gasteiger partial charge in [-0.2, -0.15) is 0 Å². The summed E-state index contributed by atoms with van der Waals surface area (Å²) in [6.07, 6.45) is 6.65. The summed E-state index contributed by atoms with van der Waals surface area (Å²) in [5, 5.41) is 5.76. The van der Waals surface area contributed by atoms with Crippen LogP contribution in [-0.2, 0) is 21.7 Å². The first-order chi connectivity index (χ1) is 16.4. The smallest absolute Gasteiger partial charge is 0.324 e. The molecular weight excluding hydrogens is 428 g/mol. The Balaban J connectivity index is 1.44. The average molecular weight is 463 g/mol.